The van der Waals surface area contributed by atoms with Crippen LogP contribution in [0.25, 0.3) is 22.8 Å². The first-order valence-electron chi connectivity index (χ1n) is 5.92. The lowest BCUT2D eigenvalue weighted by Crippen LogP contribution is -1.87. The summed E-state index contributed by atoms with van der Waals surface area (Å²) >= 11 is 0. The van der Waals surface area contributed by atoms with Crippen LogP contribution in [0.2, 0.25) is 0 Å². The third kappa shape index (κ3) is 2.07. The molecule has 0 aliphatic heterocycles. The van der Waals surface area contributed by atoms with E-state index in [1.165, 1.54) is 18.2 Å². The highest BCUT2D eigenvalue weighted by molar-refractivity contribution is 5.67. The Kier molecular flexibility index (Phi) is 2.83. The van der Waals surface area contributed by atoms with Crippen LogP contribution in [0.1, 0.15) is 5.56 Å². The molecule has 0 bridgehead atoms. The Labute approximate surface area is 114 Å². The molecule has 3 rings (SSSR count). The van der Waals surface area contributed by atoms with Crippen LogP contribution in [0.15, 0.2) is 41.2 Å². The van der Waals surface area contributed by atoms with Gasteiger partial charge in [-0.3, -0.25) is 4.98 Å². The predicted molar refractivity (Wildman–Crippen MR) is 71.0 cm³/mol. The molecule has 6 heteroatoms. The molecule has 0 spiro atoms. The second-order valence-electron chi connectivity index (χ2n) is 4.32. The molecule has 0 saturated carbocycles. The molecule has 1 aromatic carbocycles. The van der Waals surface area contributed by atoms with Gasteiger partial charge in [0, 0.05) is 18.0 Å². The van der Waals surface area contributed by atoms with Crippen LogP contribution in [0.4, 0.5) is 0 Å². The lowest BCUT2D eigenvalue weighted by molar-refractivity contribution is 0.423. The third-order valence-corrected chi connectivity index (χ3v) is 2.92. The van der Waals surface area contributed by atoms with Crippen molar-refractivity contribution in [3.63, 3.8) is 0 Å². The summed E-state index contributed by atoms with van der Waals surface area (Å²) in [4.78, 5) is 8.25. The summed E-state index contributed by atoms with van der Waals surface area (Å²) in [5.74, 6) is 0.487. The maximum Gasteiger partial charge on any atom is 0.262 e. The van der Waals surface area contributed by atoms with Gasteiger partial charge in [-0.1, -0.05) is 5.16 Å². The zero-order valence-corrected chi connectivity index (χ0v) is 10.6. The highest BCUT2D eigenvalue weighted by Gasteiger charge is 2.15. The van der Waals surface area contributed by atoms with Gasteiger partial charge in [-0.15, -0.1) is 0 Å². The Hall–Kier alpha value is -2.89. The van der Waals surface area contributed by atoms with Crippen LogP contribution < -0.4 is 0 Å². The van der Waals surface area contributed by atoms with Gasteiger partial charge in [0.2, 0.25) is 5.82 Å². The smallest absolute Gasteiger partial charge is 0.262 e. The van der Waals surface area contributed by atoms with Crippen molar-refractivity contribution in [3.05, 3.63) is 42.2 Å². The van der Waals surface area contributed by atoms with Crippen LogP contribution in [-0.2, 0) is 0 Å². The predicted octanol–water partition coefficient (Wildman–Crippen LogP) is 2.52. The number of aromatic nitrogens is 3. The van der Waals surface area contributed by atoms with E-state index in [0.717, 1.165) is 11.1 Å². The largest absolute Gasteiger partial charge is 0.508 e. The van der Waals surface area contributed by atoms with Crippen molar-refractivity contribution in [2.45, 2.75) is 6.92 Å². The average Bonchev–Trinajstić information content (AvgIpc) is 2.91. The first kappa shape index (κ1) is 12.2. The van der Waals surface area contributed by atoms with Crippen LogP contribution in [0.3, 0.4) is 0 Å². The fourth-order valence-corrected chi connectivity index (χ4v) is 1.84. The van der Waals surface area contributed by atoms with Gasteiger partial charge in [-0.2, -0.15) is 4.98 Å². The van der Waals surface area contributed by atoms with Gasteiger partial charge in [0.15, 0.2) is 0 Å². The van der Waals surface area contributed by atoms with Gasteiger partial charge in [0.05, 0.1) is 5.56 Å². The molecule has 0 aliphatic rings. The SMILES string of the molecule is Cc1ccncc1-c1noc(-c2cc(O)ccc2O)n1. The minimum absolute atomic E-state index is 0.00936. The van der Waals surface area contributed by atoms with Crippen LogP contribution in [-0.4, -0.2) is 25.3 Å². The minimum atomic E-state index is -0.0408. The number of rotatable bonds is 2. The lowest BCUT2D eigenvalue weighted by Gasteiger charge is -1.99. The Balaban J connectivity index is 2.07. The average molecular weight is 269 g/mol. The first-order chi connectivity index (χ1) is 9.65. The molecular weight excluding hydrogens is 258 g/mol. The Morgan fingerprint density at radius 1 is 1.10 bits per heavy atom. The normalized spacial score (nSPS) is 10.7. The molecular formula is C14H11N3O3. The summed E-state index contributed by atoms with van der Waals surface area (Å²) in [6.07, 6.45) is 3.33. The number of benzene rings is 1. The third-order valence-electron chi connectivity index (χ3n) is 2.92. The molecule has 2 N–H and O–H groups in total. The van der Waals surface area contributed by atoms with Crippen molar-refractivity contribution >= 4 is 0 Å². The van der Waals surface area contributed by atoms with Crippen LogP contribution in [0, 0.1) is 6.92 Å². The van der Waals surface area contributed by atoms with E-state index in [0.29, 0.717) is 5.82 Å². The molecule has 0 radical (unpaired) electrons. The Morgan fingerprint density at radius 3 is 2.75 bits per heavy atom. The number of pyridine rings is 1. The molecule has 3 aromatic rings. The summed E-state index contributed by atoms with van der Waals surface area (Å²) in [5.41, 5.74) is 2.00. The quantitative estimate of drug-likeness (QED) is 0.694. The lowest BCUT2D eigenvalue weighted by atomic mass is 10.1. The van der Waals surface area contributed by atoms with Gasteiger partial charge in [0.1, 0.15) is 11.5 Å². The molecule has 0 aliphatic carbocycles. The van der Waals surface area contributed by atoms with E-state index in [9.17, 15) is 10.2 Å². The molecule has 100 valence electrons. The monoisotopic (exact) mass is 269 g/mol. The van der Waals surface area contributed by atoms with Crippen molar-refractivity contribution in [2.24, 2.45) is 0 Å². The molecule has 0 fully saturated rings. The number of phenolic OH excluding ortho intramolecular Hbond substituents is 2. The van der Waals surface area contributed by atoms with E-state index in [4.69, 9.17) is 4.52 Å². The minimum Gasteiger partial charge on any atom is -0.508 e. The van der Waals surface area contributed by atoms with Gasteiger partial charge in [-0.25, -0.2) is 0 Å². The van der Waals surface area contributed by atoms with Crippen molar-refractivity contribution < 1.29 is 14.7 Å². The highest BCUT2D eigenvalue weighted by Crippen LogP contribution is 2.32. The van der Waals surface area contributed by atoms with Crippen molar-refractivity contribution in [2.75, 3.05) is 0 Å². The fourth-order valence-electron chi connectivity index (χ4n) is 1.84. The molecule has 0 atom stereocenters. The van der Waals surface area contributed by atoms with Gasteiger partial charge in [-0.05, 0) is 36.8 Å². The maximum absolute atomic E-state index is 9.77. The molecule has 2 heterocycles. The molecule has 6 nitrogen and oxygen atoms in total. The second kappa shape index (κ2) is 4.65. The molecule has 20 heavy (non-hydrogen) atoms. The summed E-state index contributed by atoms with van der Waals surface area (Å²) < 4.78 is 5.14. The summed E-state index contributed by atoms with van der Waals surface area (Å²) in [7, 11) is 0. The van der Waals surface area contributed by atoms with Crippen molar-refractivity contribution in [1.29, 1.82) is 0 Å². The number of aryl methyl sites for hydroxylation is 1. The molecule has 0 saturated heterocycles. The zero-order valence-electron chi connectivity index (χ0n) is 10.6. The molecule has 2 aromatic heterocycles. The summed E-state index contributed by atoms with van der Waals surface area (Å²) in [6.45, 7) is 1.92. The topological polar surface area (TPSA) is 92.3 Å². The Bertz CT molecular complexity index is 768. The van der Waals surface area contributed by atoms with Crippen molar-refractivity contribution in [1.82, 2.24) is 15.1 Å². The highest BCUT2D eigenvalue weighted by atomic mass is 16.5. The van der Waals surface area contributed by atoms with Gasteiger partial charge in [0.25, 0.3) is 5.89 Å². The van der Waals surface area contributed by atoms with E-state index in [2.05, 4.69) is 15.1 Å². The fraction of sp³-hybridized carbons (Fsp3) is 0.0714. The van der Waals surface area contributed by atoms with E-state index < -0.39 is 0 Å². The van der Waals surface area contributed by atoms with Crippen LogP contribution in [0.5, 0.6) is 11.5 Å². The summed E-state index contributed by atoms with van der Waals surface area (Å²) in [5, 5.41) is 23.1. The van der Waals surface area contributed by atoms with Gasteiger partial charge < -0.3 is 14.7 Å². The van der Waals surface area contributed by atoms with E-state index in [-0.39, 0.29) is 23.0 Å². The summed E-state index contributed by atoms with van der Waals surface area (Å²) in [6, 6.07) is 5.95. The number of hydrogen-bond donors (Lipinski definition) is 2. The molecule has 0 amide bonds. The number of aromatic hydroxyl groups is 2. The van der Waals surface area contributed by atoms with E-state index >= 15 is 0 Å². The maximum atomic E-state index is 9.77. The van der Waals surface area contributed by atoms with E-state index in [1.54, 1.807) is 12.4 Å². The van der Waals surface area contributed by atoms with Crippen LogP contribution >= 0.6 is 0 Å². The number of nitrogens with zero attached hydrogens (tertiary/aromatic N) is 3. The molecule has 0 unspecified atom stereocenters. The van der Waals surface area contributed by atoms with Crippen molar-refractivity contribution in [3.8, 4) is 34.3 Å². The number of phenols is 2. The number of hydrogen-bond acceptors (Lipinski definition) is 6. The van der Waals surface area contributed by atoms with Gasteiger partial charge >= 0.3 is 0 Å². The standard InChI is InChI=1S/C14H11N3O3/c1-8-4-5-15-7-11(8)13-16-14(20-17-13)10-6-9(18)2-3-12(10)19/h2-7,18-19H,1H3. The zero-order chi connectivity index (χ0) is 14.1. The van der Waals surface area contributed by atoms with E-state index in [1.807, 2.05) is 13.0 Å². The second-order valence-corrected chi connectivity index (χ2v) is 4.32. The Morgan fingerprint density at radius 2 is 1.95 bits per heavy atom. The first-order valence-corrected chi connectivity index (χ1v) is 5.92.